The molecule has 2 rings (SSSR count). The summed E-state index contributed by atoms with van der Waals surface area (Å²) in [5.74, 6) is 0.164. The van der Waals surface area contributed by atoms with Gasteiger partial charge in [-0.05, 0) is 25.7 Å². The number of hydrogen-bond acceptors (Lipinski definition) is 4. The van der Waals surface area contributed by atoms with Crippen molar-refractivity contribution in [3.8, 4) is 0 Å². The molecule has 0 aromatic rings. The Morgan fingerprint density at radius 3 is 2.47 bits per heavy atom. The number of hydrogen-bond donors (Lipinski definition) is 2. The van der Waals surface area contributed by atoms with Crippen LogP contribution in [-0.2, 0) is 4.79 Å². The first kappa shape index (κ1) is 12.8. The SMILES string of the molecule is NC1CCN(CC(=O)N(CCO)C2CC2)CC1. The molecule has 1 amide bonds. The number of nitrogens with zero attached hydrogens (tertiary/aromatic N) is 2. The molecule has 0 aromatic carbocycles. The van der Waals surface area contributed by atoms with Crippen LogP contribution >= 0.6 is 0 Å². The Labute approximate surface area is 103 Å². The second kappa shape index (κ2) is 5.80. The molecular weight excluding hydrogens is 218 g/mol. The van der Waals surface area contributed by atoms with E-state index in [9.17, 15) is 4.79 Å². The van der Waals surface area contributed by atoms with Crippen LogP contribution in [0.5, 0.6) is 0 Å². The fraction of sp³-hybridized carbons (Fsp3) is 0.917. The standard InChI is InChI=1S/C12H23N3O2/c13-10-3-5-14(6-4-10)9-12(17)15(7-8-16)11-1-2-11/h10-11,16H,1-9,13H2. The van der Waals surface area contributed by atoms with Crippen molar-refractivity contribution in [2.45, 2.75) is 37.8 Å². The summed E-state index contributed by atoms with van der Waals surface area (Å²) in [6, 6.07) is 0.694. The van der Waals surface area contributed by atoms with E-state index < -0.39 is 0 Å². The van der Waals surface area contributed by atoms with E-state index in [-0.39, 0.29) is 12.5 Å². The molecule has 1 aliphatic carbocycles. The van der Waals surface area contributed by atoms with Gasteiger partial charge in [-0.2, -0.15) is 0 Å². The first-order valence-electron chi connectivity index (χ1n) is 6.59. The van der Waals surface area contributed by atoms with Crippen molar-refractivity contribution in [1.82, 2.24) is 9.80 Å². The number of rotatable bonds is 5. The predicted octanol–water partition coefficient (Wildman–Crippen LogP) is -0.607. The molecule has 98 valence electrons. The third-order valence-electron chi connectivity index (χ3n) is 3.64. The van der Waals surface area contributed by atoms with E-state index in [1.54, 1.807) is 0 Å². The maximum absolute atomic E-state index is 12.1. The largest absolute Gasteiger partial charge is 0.395 e. The molecule has 0 unspecified atom stereocenters. The molecule has 3 N–H and O–H groups in total. The van der Waals surface area contributed by atoms with E-state index in [0.29, 0.717) is 25.2 Å². The fourth-order valence-electron chi connectivity index (χ4n) is 2.40. The molecule has 0 bridgehead atoms. The highest BCUT2D eigenvalue weighted by molar-refractivity contribution is 5.79. The second-order valence-corrected chi connectivity index (χ2v) is 5.16. The lowest BCUT2D eigenvalue weighted by Crippen LogP contribution is -2.47. The van der Waals surface area contributed by atoms with Crippen molar-refractivity contribution in [2.24, 2.45) is 5.73 Å². The lowest BCUT2D eigenvalue weighted by molar-refractivity contribution is -0.133. The molecule has 5 nitrogen and oxygen atoms in total. The van der Waals surface area contributed by atoms with Crippen molar-refractivity contribution < 1.29 is 9.90 Å². The monoisotopic (exact) mass is 241 g/mol. The molecule has 2 aliphatic rings. The lowest BCUT2D eigenvalue weighted by atomic mass is 10.1. The Morgan fingerprint density at radius 2 is 1.94 bits per heavy atom. The van der Waals surface area contributed by atoms with Crippen LogP contribution in [0.4, 0.5) is 0 Å². The summed E-state index contributed by atoms with van der Waals surface area (Å²) in [7, 11) is 0. The van der Waals surface area contributed by atoms with Gasteiger partial charge in [0.15, 0.2) is 0 Å². The Morgan fingerprint density at radius 1 is 1.29 bits per heavy atom. The van der Waals surface area contributed by atoms with Crippen molar-refractivity contribution in [3.05, 3.63) is 0 Å². The van der Waals surface area contributed by atoms with Crippen molar-refractivity contribution in [2.75, 3.05) is 32.8 Å². The molecule has 1 saturated carbocycles. The minimum absolute atomic E-state index is 0.0626. The van der Waals surface area contributed by atoms with Gasteiger partial charge in [-0.1, -0.05) is 0 Å². The van der Waals surface area contributed by atoms with E-state index in [1.165, 1.54) is 0 Å². The predicted molar refractivity (Wildman–Crippen MR) is 65.5 cm³/mol. The minimum atomic E-state index is 0.0626. The molecule has 1 aliphatic heterocycles. The zero-order chi connectivity index (χ0) is 12.3. The van der Waals surface area contributed by atoms with Crippen molar-refractivity contribution >= 4 is 5.91 Å². The van der Waals surface area contributed by atoms with Crippen molar-refractivity contribution in [1.29, 1.82) is 0 Å². The van der Waals surface area contributed by atoms with Crippen LogP contribution in [0.1, 0.15) is 25.7 Å². The van der Waals surface area contributed by atoms with Crippen LogP contribution in [0.25, 0.3) is 0 Å². The quantitative estimate of drug-likeness (QED) is 0.674. The van der Waals surface area contributed by atoms with Gasteiger partial charge in [-0.15, -0.1) is 0 Å². The molecule has 17 heavy (non-hydrogen) atoms. The summed E-state index contributed by atoms with van der Waals surface area (Å²) in [6.07, 6.45) is 4.15. The number of aliphatic hydroxyl groups is 1. The summed E-state index contributed by atoms with van der Waals surface area (Å²) < 4.78 is 0. The number of piperidine rings is 1. The van der Waals surface area contributed by atoms with Gasteiger partial charge in [0.1, 0.15) is 0 Å². The van der Waals surface area contributed by atoms with Crippen LogP contribution in [0.2, 0.25) is 0 Å². The summed E-state index contributed by atoms with van der Waals surface area (Å²) in [6.45, 7) is 2.88. The Balaban J connectivity index is 1.78. The van der Waals surface area contributed by atoms with Crippen LogP contribution in [-0.4, -0.2) is 65.7 Å². The zero-order valence-electron chi connectivity index (χ0n) is 10.3. The highest BCUT2D eigenvalue weighted by Crippen LogP contribution is 2.26. The average Bonchev–Trinajstić information content (AvgIpc) is 3.13. The highest BCUT2D eigenvalue weighted by atomic mass is 16.3. The van der Waals surface area contributed by atoms with E-state index >= 15 is 0 Å². The third kappa shape index (κ3) is 3.66. The maximum atomic E-state index is 12.1. The van der Waals surface area contributed by atoms with Gasteiger partial charge < -0.3 is 15.7 Å². The van der Waals surface area contributed by atoms with Gasteiger partial charge >= 0.3 is 0 Å². The first-order valence-corrected chi connectivity index (χ1v) is 6.59. The van der Waals surface area contributed by atoms with Gasteiger partial charge in [0.25, 0.3) is 0 Å². The zero-order valence-corrected chi connectivity index (χ0v) is 10.3. The lowest BCUT2D eigenvalue weighted by Gasteiger charge is -2.31. The van der Waals surface area contributed by atoms with E-state index in [1.807, 2.05) is 4.90 Å². The number of likely N-dealkylation sites (tertiary alicyclic amines) is 1. The van der Waals surface area contributed by atoms with Gasteiger partial charge in [-0.25, -0.2) is 0 Å². The summed E-state index contributed by atoms with van der Waals surface area (Å²) in [5, 5.41) is 8.98. The number of carbonyl (C=O) groups is 1. The number of nitrogens with two attached hydrogens (primary N) is 1. The molecule has 2 fully saturated rings. The van der Waals surface area contributed by atoms with Gasteiger partial charge in [-0.3, -0.25) is 9.69 Å². The van der Waals surface area contributed by atoms with E-state index in [4.69, 9.17) is 10.8 Å². The first-order chi connectivity index (χ1) is 8.20. The average molecular weight is 241 g/mol. The molecule has 0 aromatic heterocycles. The van der Waals surface area contributed by atoms with Crippen LogP contribution in [0.15, 0.2) is 0 Å². The Hall–Kier alpha value is -0.650. The molecule has 5 heteroatoms. The number of aliphatic hydroxyl groups excluding tert-OH is 1. The Kier molecular flexibility index (Phi) is 4.36. The summed E-state index contributed by atoms with van der Waals surface area (Å²) >= 11 is 0. The minimum Gasteiger partial charge on any atom is -0.395 e. The van der Waals surface area contributed by atoms with Gasteiger partial charge in [0.2, 0.25) is 5.91 Å². The Bertz CT molecular complexity index is 260. The molecule has 1 saturated heterocycles. The molecule has 0 radical (unpaired) electrons. The van der Waals surface area contributed by atoms with Crippen LogP contribution in [0.3, 0.4) is 0 Å². The van der Waals surface area contributed by atoms with Gasteiger partial charge in [0, 0.05) is 31.7 Å². The number of amides is 1. The van der Waals surface area contributed by atoms with E-state index in [0.717, 1.165) is 38.8 Å². The topological polar surface area (TPSA) is 69.8 Å². The van der Waals surface area contributed by atoms with Gasteiger partial charge in [0.05, 0.1) is 13.2 Å². The summed E-state index contributed by atoms with van der Waals surface area (Å²) in [4.78, 5) is 16.1. The summed E-state index contributed by atoms with van der Waals surface area (Å²) in [5.41, 5.74) is 5.84. The molecule has 0 spiro atoms. The second-order valence-electron chi connectivity index (χ2n) is 5.16. The third-order valence-corrected chi connectivity index (χ3v) is 3.64. The fourth-order valence-corrected chi connectivity index (χ4v) is 2.40. The molecule has 1 heterocycles. The molecular formula is C12H23N3O2. The van der Waals surface area contributed by atoms with Crippen LogP contribution < -0.4 is 5.73 Å². The maximum Gasteiger partial charge on any atom is 0.237 e. The highest BCUT2D eigenvalue weighted by Gasteiger charge is 2.32. The van der Waals surface area contributed by atoms with Crippen molar-refractivity contribution in [3.63, 3.8) is 0 Å². The van der Waals surface area contributed by atoms with E-state index in [2.05, 4.69) is 4.90 Å². The molecule has 0 atom stereocenters. The smallest absolute Gasteiger partial charge is 0.237 e. The number of carbonyl (C=O) groups excluding carboxylic acids is 1. The normalized spacial score (nSPS) is 22.7. The van der Waals surface area contributed by atoms with Crippen LogP contribution in [0, 0.1) is 0 Å².